The second-order valence-corrected chi connectivity index (χ2v) is 2.18. The highest BCUT2D eigenvalue weighted by Crippen LogP contribution is 1.81. The van der Waals surface area contributed by atoms with Crippen molar-refractivity contribution in [2.75, 3.05) is 0 Å². The number of carbonyl (C=O) groups is 1. The maximum Gasteiger partial charge on any atom is 0.325 e. The van der Waals surface area contributed by atoms with E-state index in [-0.39, 0.29) is 12.1 Å². The van der Waals surface area contributed by atoms with Crippen molar-refractivity contribution in [2.24, 2.45) is 7.05 Å². The Balaban J connectivity index is 3.01. The third kappa shape index (κ3) is 1.49. The van der Waals surface area contributed by atoms with E-state index in [0.29, 0.717) is 0 Å². The van der Waals surface area contributed by atoms with Gasteiger partial charge in [-0.15, -0.1) is 0 Å². The third-order valence-corrected chi connectivity index (χ3v) is 1.35. The lowest BCUT2D eigenvalue weighted by Gasteiger charge is -2.01. The van der Waals surface area contributed by atoms with Crippen LogP contribution in [0.15, 0.2) is 17.1 Å². The van der Waals surface area contributed by atoms with Crippen molar-refractivity contribution in [3.63, 3.8) is 0 Å². The lowest BCUT2D eigenvalue weighted by Crippen LogP contribution is -2.25. The number of aromatic nitrogens is 2. The van der Waals surface area contributed by atoms with Gasteiger partial charge in [0.1, 0.15) is 6.54 Å². The van der Waals surface area contributed by atoms with Crippen molar-refractivity contribution in [2.45, 2.75) is 6.54 Å². The Morgan fingerprint density at radius 2 is 2.36 bits per heavy atom. The minimum absolute atomic E-state index is 0.289. The summed E-state index contributed by atoms with van der Waals surface area (Å²) in [5.74, 6) is -1.02. The fourth-order valence-electron chi connectivity index (χ4n) is 0.811. The first-order valence-corrected chi connectivity index (χ1v) is 3.05. The van der Waals surface area contributed by atoms with E-state index in [0.717, 1.165) is 4.68 Å². The molecule has 0 saturated heterocycles. The van der Waals surface area contributed by atoms with Gasteiger partial charge in [0, 0.05) is 19.3 Å². The van der Waals surface area contributed by atoms with Crippen LogP contribution in [0.25, 0.3) is 0 Å². The monoisotopic (exact) mass is 156 g/mol. The summed E-state index contributed by atoms with van der Waals surface area (Å²) in [6.45, 7) is -0.289. The first kappa shape index (κ1) is 7.59. The molecule has 1 heterocycles. The Labute approximate surface area is 62.5 Å². The van der Waals surface area contributed by atoms with Crippen molar-refractivity contribution in [3.05, 3.63) is 22.6 Å². The molecule has 0 bridgehead atoms. The topological polar surface area (TPSA) is 64.2 Å². The summed E-state index contributed by atoms with van der Waals surface area (Å²) < 4.78 is 2.57. The molecule has 1 aromatic rings. The number of hydrogen-bond acceptors (Lipinski definition) is 2. The summed E-state index contributed by atoms with van der Waals surface area (Å²) in [5.41, 5.74) is -0.296. The number of hydrogen-bond donors (Lipinski definition) is 1. The zero-order chi connectivity index (χ0) is 8.43. The quantitative estimate of drug-likeness (QED) is 0.614. The fourth-order valence-corrected chi connectivity index (χ4v) is 0.811. The molecule has 0 amide bonds. The van der Waals surface area contributed by atoms with E-state index in [4.69, 9.17) is 5.11 Å². The SMILES string of the molecule is Cn1ccc(=O)n1CC(=O)O. The average Bonchev–Trinajstić information content (AvgIpc) is 2.18. The summed E-state index contributed by atoms with van der Waals surface area (Å²) in [7, 11) is 1.62. The van der Waals surface area contributed by atoms with E-state index in [9.17, 15) is 9.59 Å². The number of nitrogens with zero attached hydrogens (tertiary/aromatic N) is 2. The van der Waals surface area contributed by atoms with Gasteiger partial charge in [0.15, 0.2) is 0 Å². The van der Waals surface area contributed by atoms with Crippen molar-refractivity contribution >= 4 is 5.97 Å². The number of carboxylic acid groups (broad SMARTS) is 1. The molecule has 5 nitrogen and oxygen atoms in total. The lowest BCUT2D eigenvalue weighted by atomic mass is 10.6. The van der Waals surface area contributed by atoms with E-state index in [1.54, 1.807) is 7.05 Å². The Morgan fingerprint density at radius 3 is 2.73 bits per heavy atom. The van der Waals surface area contributed by atoms with Crippen LogP contribution in [0.2, 0.25) is 0 Å². The molecule has 1 N–H and O–H groups in total. The van der Waals surface area contributed by atoms with E-state index in [1.165, 1.54) is 16.9 Å². The van der Waals surface area contributed by atoms with Crippen molar-refractivity contribution in [1.29, 1.82) is 0 Å². The van der Waals surface area contributed by atoms with Gasteiger partial charge in [0.05, 0.1) is 0 Å². The molecule has 0 spiro atoms. The number of carboxylic acids is 1. The van der Waals surface area contributed by atoms with Crippen LogP contribution >= 0.6 is 0 Å². The van der Waals surface area contributed by atoms with Crippen LogP contribution in [-0.2, 0) is 18.4 Å². The predicted molar refractivity (Wildman–Crippen MR) is 37.3 cm³/mol. The molecule has 1 aromatic heterocycles. The molecule has 11 heavy (non-hydrogen) atoms. The fraction of sp³-hybridized carbons (Fsp3) is 0.333. The smallest absolute Gasteiger partial charge is 0.325 e. The molecule has 5 heteroatoms. The predicted octanol–water partition coefficient (Wildman–Crippen LogP) is -0.729. The highest BCUT2D eigenvalue weighted by Gasteiger charge is 2.03. The molecule has 0 saturated carbocycles. The van der Waals surface area contributed by atoms with Crippen molar-refractivity contribution < 1.29 is 9.90 Å². The molecule has 1 rings (SSSR count). The summed E-state index contributed by atoms with van der Waals surface area (Å²) in [6.07, 6.45) is 1.52. The molecule has 0 aliphatic heterocycles. The summed E-state index contributed by atoms with van der Waals surface area (Å²) in [5, 5.41) is 8.36. The maximum absolute atomic E-state index is 10.9. The third-order valence-electron chi connectivity index (χ3n) is 1.35. The normalized spacial score (nSPS) is 9.91. The maximum atomic E-state index is 10.9. The van der Waals surface area contributed by atoms with E-state index in [2.05, 4.69) is 0 Å². The average molecular weight is 156 g/mol. The van der Waals surface area contributed by atoms with Crippen LogP contribution in [0.3, 0.4) is 0 Å². The molecule has 0 radical (unpaired) electrons. The van der Waals surface area contributed by atoms with Gasteiger partial charge in [0.25, 0.3) is 5.56 Å². The van der Waals surface area contributed by atoms with Gasteiger partial charge in [-0.05, 0) is 0 Å². The van der Waals surface area contributed by atoms with Gasteiger partial charge in [0.2, 0.25) is 0 Å². The minimum Gasteiger partial charge on any atom is -0.480 e. The number of aliphatic carboxylic acids is 1. The Hall–Kier alpha value is -1.52. The molecule has 0 aliphatic rings. The molecule has 60 valence electrons. The van der Waals surface area contributed by atoms with Crippen LogP contribution in [-0.4, -0.2) is 20.4 Å². The number of rotatable bonds is 2. The molecule has 0 atom stereocenters. The van der Waals surface area contributed by atoms with E-state index in [1.807, 2.05) is 0 Å². The Morgan fingerprint density at radius 1 is 1.73 bits per heavy atom. The summed E-state index contributed by atoms with van der Waals surface area (Å²) in [6, 6.07) is 1.32. The zero-order valence-corrected chi connectivity index (χ0v) is 6.02. The Bertz CT molecular complexity index is 323. The van der Waals surface area contributed by atoms with Crippen LogP contribution in [0, 0.1) is 0 Å². The van der Waals surface area contributed by atoms with Crippen molar-refractivity contribution in [1.82, 2.24) is 9.36 Å². The first-order chi connectivity index (χ1) is 5.11. The Kier molecular flexibility index (Phi) is 1.80. The van der Waals surface area contributed by atoms with Gasteiger partial charge in [-0.1, -0.05) is 0 Å². The molecule has 0 aliphatic carbocycles. The zero-order valence-electron chi connectivity index (χ0n) is 6.02. The van der Waals surface area contributed by atoms with Crippen LogP contribution in [0.5, 0.6) is 0 Å². The second-order valence-electron chi connectivity index (χ2n) is 2.18. The van der Waals surface area contributed by atoms with Gasteiger partial charge >= 0.3 is 5.97 Å². The highest BCUT2D eigenvalue weighted by atomic mass is 16.4. The van der Waals surface area contributed by atoms with E-state index >= 15 is 0 Å². The van der Waals surface area contributed by atoms with Gasteiger partial charge in [-0.2, -0.15) is 0 Å². The molecular weight excluding hydrogens is 148 g/mol. The first-order valence-electron chi connectivity index (χ1n) is 3.05. The summed E-state index contributed by atoms with van der Waals surface area (Å²) >= 11 is 0. The largest absolute Gasteiger partial charge is 0.480 e. The standard InChI is InChI=1S/C6H8N2O3/c1-7-3-2-5(9)8(7)4-6(10)11/h2-3H,4H2,1H3,(H,10,11). The molecular formula is C6H8N2O3. The van der Waals surface area contributed by atoms with Crippen LogP contribution in [0.1, 0.15) is 0 Å². The second kappa shape index (κ2) is 2.61. The minimum atomic E-state index is -1.02. The van der Waals surface area contributed by atoms with Crippen LogP contribution in [0.4, 0.5) is 0 Å². The molecule has 0 fully saturated rings. The van der Waals surface area contributed by atoms with E-state index < -0.39 is 5.97 Å². The molecule has 0 unspecified atom stereocenters. The van der Waals surface area contributed by atoms with Crippen LogP contribution < -0.4 is 5.56 Å². The molecule has 0 aromatic carbocycles. The van der Waals surface area contributed by atoms with Crippen molar-refractivity contribution in [3.8, 4) is 0 Å². The highest BCUT2D eigenvalue weighted by molar-refractivity contribution is 5.66. The van der Waals surface area contributed by atoms with Gasteiger partial charge in [-0.3, -0.25) is 14.3 Å². The van der Waals surface area contributed by atoms with Gasteiger partial charge < -0.3 is 5.11 Å². The van der Waals surface area contributed by atoms with Gasteiger partial charge in [-0.25, -0.2) is 4.68 Å². The number of aryl methyl sites for hydroxylation is 1. The lowest BCUT2D eigenvalue weighted by molar-refractivity contribution is -0.138. The summed E-state index contributed by atoms with van der Waals surface area (Å²) in [4.78, 5) is 21.1.